The minimum absolute atomic E-state index is 0.163. The highest BCUT2D eigenvalue weighted by Crippen LogP contribution is 2.25. The van der Waals surface area contributed by atoms with Crippen molar-refractivity contribution in [2.24, 2.45) is 0 Å². The molecule has 0 atom stereocenters. The van der Waals surface area contributed by atoms with Crippen molar-refractivity contribution in [2.75, 3.05) is 13.1 Å². The van der Waals surface area contributed by atoms with Gasteiger partial charge in [0, 0.05) is 34.3 Å². The highest BCUT2D eigenvalue weighted by atomic mass is 35.5. The zero-order chi connectivity index (χ0) is 19.3. The lowest BCUT2D eigenvalue weighted by molar-refractivity contribution is 0.104. The summed E-state index contributed by atoms with van der Waals surface area (Å²) in [6, 6.07) is 11.0. The van der Waals surface area contributed by atoms with E-state index in [0.717, 1.165) is 0 Å². The molecule has 0 heterocycles. The summed E-state index contributed by atoms with van der Waals surface area (Å²) in [6.07, 6.45) is 2.91. The molecule has 0 fully saturated rings. The SMILES string of the molecule is CCN(CC)S(=O)(=O)c1ccc(C(=O)C=Cc2c(Cl)cccc2Cl)cc1. The fraction of sp³-hybridized carbons (Fsp3) is 0.211. The Morgan fingerprint density at radius 2 is 1.54 bits per heavy atom. The lowest BCUT2D eigenvalue weighted by Crippen LogP contribution is -2.30. The van der Waals surface area contributed by atoms with E-state index in [-0.39, 0.29) is 10.7 Å². The van der Waals surface area contributed by atoms with Crippen LogP contribution < -0.4 is 0 Å². The van der Waals surface area contributed by atoms with Crippen LogP contribution in [0.25, 0.3) is 6.08 Å². The van der Waals surface area contributed by atoms with Gasteiger partial charge in [-0.05, 0) is 48.6 Å². The van der Waals surface area contributed by atoms with Crippen molar-refractivity contribution in [1.82, 2.24) is 4.31 Å². The molecule has 0 aliphatic rings. The van der Waals surface area contributed by atoms with E-state index in [1.54, 1.807) is 38.1 Å². The third-order valence-electron chi connectivity index (χ3n) is 3.88. The molecular weight excluding hydrogens is 393 g/mol. The largest absolute Gasteiger partial charge is 0.289 e. The maximum Gasteiger partial charge on any atom is 0.243 e. The van der Waals surface area contributed by atoms with Gasteiger partial charge < -0.3 is 0 Å². The highest BCUT2D eigenvalue weighted by molar-refractivity contribution is 7.89. The number of hydrogen-bond acceptors (Lipinski definition) is 3. The van der Waals surface area contributed by atoms with Crippen molar-refractivity contribution in [1.29, 1.82) is 0 Å². The summed E-state index contributed by atoms with van der Waals surface area (Å²) in [5.41, 5.74) is 0.938. The average molecular weight is 412 g/mol. The van der Waals surface area contributed by atoms with Gasteiger partial charge in [0.25, 0.3) is 0 Å². The summed E-state index contributed by atoms with van der Waals surface area (Å²) < 4.78 is 26.3. The summed E-state index contributed by atoms with van der Waals surface area (Å²) in [5.74, 6) is -0.271. The minimum Gasteiger partial charge on any atom is -0.289 e. The number of hydrogen-bond donors (Lipinski definition) is 0. The van der Waals surface area contributed by atoms with E-state index in [1.165, 1.54) is 34.6 Å². The zero-order valence-corrected chi connectivity index (χ0v) is 16.8. The summed E-state index contributed by atoms with van der Waals surface area (Å²) in [7, 11) is -3.54. The molecule has 0 aliphatic carbocycles. The Bertz CT molecular complexity index is 898. The van der Waals surface area contributed by atoms with Gasteiger partial charge >= 0.3 is 0 Å². The van der Waals surface area contributed by atoms with Crippen LogP contribution >= 0.6 is 23.2 Å². The lowest BCUT2D eigenvalue weighted by Gasteiger charge is -2.18. The molecule has 0 bridgehead atoms. The third-order valence-corrected chi connectivity index (χ3v) is 6.61. The normalized spacial score (nSPS) is 12.0. The van der Waals surface area contributed by atoms with Crippen molar-refractivity contribution in [3.05, 3.63) is 69.7 Å². The number of nitrogens with zero attached hydrogens (tertiary/aromatic N) is 1. The Morgan fingerprint density at radius 3 is 2.04 bits per heavy atom. The molecule has 0 aromatic heterocycles. The molecule has 0 amide bonds. The Kier molecular flexibility index (Phi) is 7.01. The molecule has 4 nitrogen and oxygen atoms in total. The van der Waals surface area contributed by atoms with Crippen LogP contribution in [0.1, 0.15) is 29.8 Å². The summed E-state index contributed by atoms with van der Waals surface area (Å²) in [4.78, 5) is 12.5. The molecule has 0 radical (unpaired) electrons. The Balaban J connectivity index is 2.23. The third kappa shape index (κ3) is 4.54. The van der Waals surface area contributed by atoms with Gasteiger partial charge in [0.05, 0.1) is 4.90 Å². The number of carbonyl (C=O) groups excluding carboxylic acids is 1. The monoisotopic (exact) mass is 411 g/mol. The Morgan fingerprint density at radius 1 is 1.00 bits per heavy atom. The fourth-order valence-electron chi connectivity index (χ4n) is 2.43. The number of ketones is 1. The molecule has 0 spiro atoms. The number of rotatable bonds is 7. The van der Waals surface area contributed by atoms with Gasteiger partial charge in [-0.2, -0.15) is 4.31 Å². The first-order valence-corrected chi connectivity index (χ1v) is 10.3. The quantitative estimate of drug-likeness (QED) is 0.479. The number of sulfonamides is 1. The topological polar surface area (TPSA) is 54.5 Å². The van der Waals surface area contributed by atoms with Crippen LogP contribution in [0.2, 0.25) is 10.0 Å². The van der Waals surface area contributed by atoms with E-state index < -0.39 is 10.0 Å². The summed E-state index contributed by atoms with van der Waals surface area (Å²) >= 11 is 12.1. The number of allylic oxidation sites excluding steroid dienone is 1. The molecule has 0 saturated carbocycles. The molecule has 0 aliphatic heterocycles. The molecule has 2 aromatic carbocycles. The van der Waals surface area contributed by atoms with Crippen LogP contribution in [0.4, 0.5) is 0 Å². The average Bonchev–Trinajstić information content (AvgIpc) is 2.62. The molecule has 2 aromatic rings. The number of halogens is 2. The smallest absolute Gasteiger partial charge is 0.243 e. The first kappa shape index (κ1) is 20.6. The van der Waals surface area contributed by atoms with E-state index >= 15 is 0 Å². The summed E-state index contributed by atoms with van der Waals surface area (Å²) in [6.45, 7) is 4.34. The van der Waals surface area contributed by atoms with Crippen LogP contribution in [0.3, 0.4) is 0 Å². The van der Waals surface area contributed by atoms with Gasteiger partial charge in [-0.25, -0.2) is 8.42 Å². The Hall–Kier alpha value is -1.66. The molecule has 0 saturated heterocycles. The van der Waals surface area contributed by atoms with Crippen molar-refractivity contribution >= 4 is 45.1 Å². The molecular formula is C19H19Cl2NO3S. The van der Waals surface area contributed by atoms with Crippen molar-refractivity contribution in [3.63, 3.8) is 0 Å². The van der Waals surface area contributed by atoms with E-state index in [1.807, 2.05) is 0 Å². The van der Waals surface area contributed by atoms with Crippen LogP contribution in [0.15, 0.2) is 53.4 Å². The number of benzene rings is 2. The van der Waals surface area contributed by atoms with Crippen molar-refractivity contribution < 1.29 is 13.2 Å². The fourth-order valence-corrected chi connectivity index (χ4v) is 4.41. The van der Waals surface area contributed by atoms with Crippen LogP contribution in [-0.4, -0.2) is 31.6 Å². The zero-order valence-electron chi connectivity index (χ0n) is 14.4. The first-order chi connectivity index (χ1) is 12.3. The van der Waals surface area contributed by atoms with Crippen LogP contribution in [0, 0.1) is 0 Å². The van der Waals surface area contributed by atoms with E-state index in [2.05, 4.69) is 0 Å². The molecule has 26 heavy (non-hydrogen) atoms. The second kappa shape index (κ2) is 8.82. The summed E-state index contributed by atoms with van der Waals surface area (Å²) in [5, 5.41) is 0.893. The van der Waals surface area contributed by atoms with E-state index in [0.29, 0.717) is 34.3 Å². The van der Waals surface area contributed by atoms with Crippen molar-refractivity contribution in [2.45, 2.75) is 18.7 Å². The molecule has 138 valence electrons. The van der Waals surface area contributed by atoms with E-state index in [9.17, 15) is 13.2 Å². The van der Waals surface area contributed by atoms with Gasteiger partial charge in [-0.1, -0.05) is 43.1 Å². The van der Waals surface area contributed by atoms with Crippen molar-refractivity contribution in [3.8, 4) is 0 Å². The minimum atomic E-state index is -3.54. The lowest BCUT2D eigenvalue weighted by atomic mass is 10.1. The second-order valence-corrected chi connectivity index (χ2v) is 8.20. The molecule has 0 N–H and O–H groups in total. The van der Waals surface area contributed by atoms with Crippen LogP contribution in [-0.2, 0) is 10.0 Å². The van der Waals surface area contributed by atoms with Gasteiger partial charge in [0.15, 0.2) is 5.78 Å². The molecule has 0 unspecified atom stereocenters. The Labute approximate surface area is 164 Å². The van der Waals surface area contributed by atoms with Gasteiger partial charge in [-0.3, -0.25) is 4.79 Å². The van der Waals surface area contributed by atoms with E-state index in [4.69, 9.17) is 23.2 Å². The van der Waals surface area contributed by atoms with Gasteiger partial charge in [0.1, 0.15) is 0 Å². The molecule has 2 rings (SSSR count). The predicted octanol–water partition coefficient (Wildman–Crippen LogP) is 4.92. The van der Waals surface area contributed by atoms with Gasteiger partial charge in [-0.15, -0.1) is 0 Å². The predicted molar refractivity (Wildman–Crippen MR) is 106 cm³/mol. The second-order valence-electron chi connectivity index (χ2n) is 5.45. The maximum absolute atomic E-state index is 12.5. The maximum atomic E-state index is 12.5. The van der Waals surface area contributed by atoms with Gasteiger partial charge in [0.2, 0.25) is 10.0 Å². The van der Waals surface area contributed by atoms with Crippen LogP contribution in [0.5, 0.6) is 0 Å². The highest BCUT2D eigenvalue weighted by Gasteiger charge is 2.21. The first-order valence-electron chi connectivity index (χ1n) is 8.07. The standard InChI is InChI=1S/C19H19Cl2NO3S/c1-3-22(4-2)26(24,25)15-10-8-14(9-11-15)19(23)13-12-16-17(20)6-5-7-18(16)21/h5-13H,3-4H2,1-2H3. The molecule has 7 heteroatoms. The number of carbonyl (C=O) groups is 1.